The lowest BCUT2D eigenvalue weighted by Gasteiger charge is -2.25. The van der Waals surface area contributed by atoms with Gasteiger partial charge in [0.2, 0.25) is 0 Å². The maximum absolute atomic E-state index is 13.0. The van der Waals surface area contributed by atoms with E-state index in [1.807, 2.05) is 6.92 Å². The molecule has 1 N–H and O–H groups in total. The SMILES string of the molecule is CC[NH+]1C/C(=C/c2ccc([N+](=O)[O-])cc2)C(=O)/C(=C/c2ccc([N+](=O)[O-])cc2)C1. The van der Waals surface area contributed by atoms with Crippen LogP contribution in [0.5, 0.6) is 0 Å². The monoisotopic (exact) mass is 394 g/mol. The highest BCUT2D eigenvalue weighted by molar-refractivity contribution is 6.14. The number of ketones is 1. The topological polar surface area (TPSA) is 108 Å². The molecule has 0 aliphatic carbocycles. The van der Waals surface area contributed by atoms with Crippen LogP contribution in [0, 0.1) is 20.2 Å². The zero-order chi connectivity index (χ0) is 21.0. The van der Waals surface area contributed by atoms with Crippen LogP contribution in [0.4, 0.5) is 11.4 Å². The van der Waals surface area contributed by atoms with Crippen LogP contribution in [0.2, 0.25) is 0 Å². The normalized spacial score (nSPS) is 19.5. The Hall–Kier alpha value is -3.65. The molecule has 1 heterocycles. The number of nitro benzene ring substituents is 2. The molecule has 1 aliphatic heterocycles. The molecule has 0 aromatic heterocycles. The predicted octanol–water partition coefficient (Wildman–Crippen LogP) is 2.46. The molecule has 0 radical (unpaired) electrons. The standard InChI is InChI=1S/C21H19N3O5/c1-2-22-13-17(11-15-3-7-19(8-4-15)23(26)27)21(25)18(14-22)12-16-5-9-20(10-6-16)24(28)29/h3-12H,2,13-14H2,1H3/p+1/b17-11-,18-12+. The smallest absolute Gasteiger partial charge is 0.269 e. The number of hydrogen-bond donors (Lipinski definition) is 1. The number of hydrogen-bond acceptors (Lipinski definition) is 5. The first-order valence-corrected chi connectivity index (χ1v) is 9.15. The van der Waals surface area contributed by atoms with Crippen LogP contribution >= 0.6 is 0 Å². The van der Waals surface area contributed by atoms with Crippen LogP contribution in [-0.2, 0) is 4.79 Å². The number of nitrogens with one attached hydrogen (secondary N) is 1. The minimum Gasteiger partial charge on any atom is -0.327 e. The van der Waals surface area contributed by atoms with E-state index in [9.17, 15) is 25.0 Å². The number of carbonyl (C=O) groups excluding carboxylic acids is 1. The average molecular weight is 394 g/mol. The number of carbonyl (C=O) groups is 1. The molecule has 0 spiro atoms. The van der Waals surface area contributed by atoms with Crippen molar-refractivity contribution < 1.29 is 19.5 Å². The van der Waals surface area contributed by atoms with E-state index >= 15 is 0 Å². The molecule has 148 valence electrons. The van der Waals surface area contributed by atoms with Gasteiger partial charge in [-0.05, 0) is 54.5 Å². The number of nitrogens with zero attached hydrogens (tertiary/aromatic N) is 2. The van der Waals surface area contributed by atoms with Crippen LogP contribution < -0.4 is 4.90 Å². The molecular formula is C21H20N3O5+. The van der Waals surface area contributed by atoms with Crippen LogP contribution in [0.1, 0.15) is 18.1 Å². The van der Waals surface area contributed by atoms with Gasteiger partial charge in [-0.1, -0.05) is 0 Å². The number of likely N-dealkylation sites (N-methyl/N-ethyl adjacent to an activating group) is 1. The highest BCUT2D eigenvalue weighted by Gasteiger charge is 2.28. The Morgan fingerprint density at radius 2 is 1.21 bits per heavy atom. The number of nitro groups is 2. The van der Waals surface area contributed by atoms with E-state index < -0.39 is 9.85 Å². The molecular weight excluding hydrogens is 374 g/mol. The number of quaternary nitrogens is 1. The first kappa shape index (κ1) is 20.1. The number of Topliss-reactive ketones (excluding diaryl/α,β-unsaturated/α-hetero) is 1. The molecule has 2 aromatic carbocycles. The van der Waals surface area contributed by atoms with Crippen molar-refractivity contribution in [3.8, 4) is 0 Å². The van der Waals surface area contributed by atoms with Gasteiger partial charge in [-0.3, -0.25) is 25.0 Å². The van der Waals surface area contributed by atoms with Crippen molar-refractivity contribution in [2.75, 3.05) is 19.6 Å². The number of rotatable bonds is 5. The second-order valence-electron chi connectivity index (χ2n) is 6.82. The molecule has 3 rings (SSSR count). The highest BCUT2D eigenvalue weighted by Crippen LogP contribution is 2.19. The van der Waals surface area contributed by atoms with Crippen molar-refractivity contribution in [1.82, 2.24) is 0 Å². The van der Waals surface area contributed by atoms with Gasteiger partial charge in [-0.2, -0.15) is 0 Å². The zero-order valence-electron chi connectivity index (χ0n) is 15.8. The van der Waals surface area contributed by atoms with Gasteiger partial charge in [0.25, 0.3) is 11.4 Å². The number of benzene rings is 2. The summed E-state index contributed by atoms with van der Waals surface area (Å²) in [4.78, 5) is 34.9. The Bertz CT molecular complexity index is 928. The van der Waals surface area contributed by atoms with Gasteiger partial charge in [0.1, 0.15) is 13.1 Å². The summed E-state index contributed by atoms with van der Waals surface area (Å²) in [7, 11) is 0. The van der Waals surface area contributed by atoms with Gasteiger partial charge in [0, 0.05) is 24.3 Å². The van der Waals surface area contributed by atoms with E-state index in [-0.39, 0.29) is 17.2 Å². The lowest BCUT2D eigenvalue weighted by molar-refractivity contribution is -0.889. The third kappa shape index (κ3) is 4.80. The van der Waals surface area contributed by atoms with E-state index in [4.69, 9.17) is 0 Å². The van der Waals surface area contributed by atoms with Gasteiger partial charge < -0.3 is 4.90 Å². The summed E-state index contributed by atoms with van der Waals surface area (Å²) in [6.07, 6.45) is 3.54. The van der Waals surface area contributed by atoms with Gasteiger partial charge >= 0.3 is 0 Å². The van der Waals surface area contributed by atoms with Crippen molar-refractivity contribution >= 4 is 29.3 Å². The summed E-state index contributed by atoms with van der Waals surface area (Å²) in [6.45, 7) is 4.02. The number of likely N-dealkylation sites (tertiary alicyclic amines) is 1. The molecule has 0 amide bonds. The molecule has 1 aliphatic rings. The van der Waals surface area contributed by atoms with Crippen molar-refractivity contribution in [3.63, 3.8) is 0 Å². The first-order chi connectivity index (χ1) is 13.9. The largest absolute Gasteiger partial charge is 0.327 e. The van der Waals surface area contributed by atoms with Gasteiger partial charge in [-0.25, -0.2) is 0 Å². The maximum Gasteiger partial charge on any atom is 0.269 e. The lowest BCUT2D eigenvalue weighted by Crippen LogP contribution is -3.13. The Morgan fingerprint density at radius 1 is 0.828 bits per heavy atom. The molecule has 8 nitrogen and oxygen atoms in total. The molecule has 8 heteroatoms. The minimum absolute atomic E-state index is 0.00156. The summed E-state index contributed by atoms with van der Waals surface area (Å²) >= 11 is 0. The molecule has 1 fully saturated rings. The second-order valence-corrected chi connectivity index (χ2v) is 6.82. The molecule has 1 atom stereocenters. The molecule has 29 heavy (non-hydrogen) atoms. The van der Waals surface area contributed by atoms with E-state index in [0.717, 1.165) is 17.7 Å². The number of piperidine rings is 1. The van der Waals surface area contributed by atoms with Crippen LogP contribution in [0.3, 0.4) is 0 Å². The van der Waals surface area contributed by atoms with E-state index in [2.05, 4.69) is 0 Å². The third-order valence-corrected chi connectivity index (χ3v) is 4.85. The van der Waals surface area contributed by atoms with Crippen molar-refractivity contribution in [2.45, 2.75) is 6.92 Å². The first-order valence-electron chi connectivity index (χ1n) is 9.15. The van der Waals surface area contributed by atoms with Crippen molar-refractivity contribution in [2.24, 2.45) is 0 Å². The van der Waals surface area contributed by atoms with E-state index in [1.54, 1.807) is 36.4 Å². The van der Waals surface area contributed by atoms with Crippen molar-refractivity contribution in [1.29, 1.82) is 0 Å². The fraction of sp³-hybridized carbons (Fsp3) is 0.190. The predicted molar refractivity (Wildman–Crippen MR) is 108 cm³/mol. The Kier molecular flexibility index (Phi) is 5.94. The molecule has 1 saturated heterocycles. The van der Waals surface area contributed by atoms with Gasteiger partial charge in [0.05, 0.1) is 27.5 Å². The van der Waals surface area contributed by atoms with Crippen LogP contribution in [0.25, 0.3) is 12.2 Å². The molecule has 2 aromatic rings. The van der Waals surface area contributed by atoms with Gasteiger partial charge in [0.15, 0.2) is 5.78 Å². The van der Waals surface area contributed by atoms with Crippen LogP contribution in [0.15, 0.2) is 59.7 Å². The average Bonchev–Trinajstić information content (AvgIpc) is 2.71. The summed E-state index contributed by atoms with van der Waals surface area (Å²) in [5.74, 6) is -0.0705. The Balaban J connectivity index is 1.90. The van der Waals surface area contributed by atoms with Crippen LogP contribution in [-0.4, -0.2) is 35.3 Å². The number of non-ortho nitro benzene ring substituents is 2. The molecule has 1 unspecified atom stereocenters. The summed E-state index contributed by atoms with van der Waals surface area (Å²) in [6, 6.07) is 12.2. The second kappa shape index (κ2) is 8.57. The Labute approximate surface area is 167 Å². The Morgan fingerprint density at radius 3 is 1.52 bits per heavy atom. The fourth-order valence-corrected chi connectivity index (χ4v) is 3.24. The summed E-state index contributed by atoms with van der Waals surface area (Å²) < 4.78 is 0. The summed E-state index contributed by atoms with van der Waals surface area (Å²) in [5, 5.41) is 21.6. The van der Waals surface area contributed by atoms with Gasteiger partial charge in [-0.15, -0.1) is 0 Å². The third-order valence-electron chi connectivity index (χ3n) is 4.85. The fourth-order valence-electron chi connectivity index (χ4n) is 3.24. The molecule has 0 bridgehead atoms. The van der Waals surface area contributed by atoms with E-state index in [0.29, 0.717) is 24.2 Å². The quantitative estimate of drug-likeness (QED) is 0.476. The maximum atomic E-state index is 13.0. The van der Waals surface area contributed by atoms with Crippen molar-refractivity contribution in [3.05, 3.63) is 91.0 Å². The highest BCUT2D eigenvalue weighted by atomic mass is 16.6. The zero-order valence-corrected chi connectivity index (χ0v) is 15.8. The molecule has 0 saturated carbocycles. The minimum atomic E-state index is -0.462. The van der Waals surface area contributed by atoms with E-state index in [1.165, 1.54) is 29.2 Å². The lowest BCUT2D eigenvalue weighted by atomic mass is 9.94. The summed E-state index contributed by atoms with van der Waals surface area (Å²) in [5.41, 5.74) is 2.73.